The minimum atomic E-state index is -1.67. The summed E-state index contributed by atoms with van der Waals surface area (Å²) in [4.78, 5) is 25.4. The number of aliphatic carboxylic acids is 1. The number of nitrogens with two attached hydrogens (primary N) is 1. The molecule has 0 spiro atoms. The number of hydrogen-bond acceptors (Lipinski definition) is 5. The number of rotatable bonds is 10. The Kier molecular flexibility index (Phi) is 8.91. The molecule has 1 amide bonds. The lowest BCUT2D eigenvalue weighted by atomic mass is 10.0. The molecule has 0 radical (unpaired) electrons. The van der Waals surface area contributed by atoms with Gasteiger partial charge < -0.3 is 20.5 Å². The molecule has 0 fully saturated rings. The first-order chi connectivity index (χ1) is 12.2. The van der Waals surface area contributed by atoms with Gasteiger partial charge in [0.15, 0.2) is 0 Å². The molecule has 0 bridgehead atoms. The second kappa shape index (κ2) is 10.4. The van der Waals surface area contributed by atoms with E-state index in [0.717, 1.165) is 23.2 Å². The van der Waals surface area contributed by atoms with Gasteiger partial charge in [-0.15, -0.1) is 0 Å². The summed E-state index contributed by atoms with van der Waals surface area (Å²) in [5.74, 6) is -2.12. The molecule has 146 valence electrons. The summed E-state index contributed by atoms with van der Waals surface area (Å²) in [5, 5.41) is 8.84. The largest absolute Gasteiger partial charge is 0.480 e. The summed E-state index contributed by atoms with van der Waals surface area (Å²) in [6.07, 6.45) is 0.744. The van der Waals surface area contributed by atoms with Gasteiger partial charge in [0, 0.05) is 23.7 Å². The molecule has 0 aliphatic heterocycles. The standard InChI is InChI=1S/C18H28N2O5S/c1-5-14-8-6-7-12(2)17(14)20(13(3)9-25-4)16(21)11-26(24)10-15(19)18(22)23/h6-8,13,15H,5,9-11,19H2,1-4H3,(H,22,23). The third-order valence-electron chi connectivity index (χ3n) is 4.03. The fraction of sp³-hybridized carbons (Fsp3) is 0.556. The van der Waals surface area contributed by atoms with Gasteiger partial charge in [0.25, 0.3) is 0 Å². The van der Waals surface area contributed by atoms with E-state index >= 15 is 0 Å². The number of carboxylic acids is 1. The molecular weight excluding hydrogens is 356 g/mol. The van der Waals surface area contributed by atoms with Crippen LogP contribution in [-0.2, 0) is 31.5 Å². The van der Waals surface area contributed by atoms with Crippen LogP contribution in [0.2, 0.25) is 0 Å². The maximum absolute atomic E-state index is 12.9. The normalized spacial score (nSPS) is 14.5. The number of methoxy groups -OCH3 is 1. The number of carboxylic acid groups (broad SMARTS) is 1. The smallest absolute Gasteiger partial charge is 0.321 e. The fourth-order valence-electron chi connectivity index (χ4n) is 2.79. The van der Waals surface area contributed by atoms with Gasteiger partial charge in [0.05, 0.1) is 18.3 Å². The maximum atomic E-state index is 12.9. The molecule has 26 heavy (non-hydrogen) atoms. The Morgan fingerprint density at radius 3 is 2.58 bits per heavy atom. The van der Waals surface area contributed by atoms with Gasteiger partial charge in [-0.3, -0.25) is 13.8 Å². The highest BCUT2D eigenvalue weighted by molar-refractivity contribution is 7.85. The molecule has 3 unspecified atom stereocenters. The van der Waals surface area contributed by atoms with Crippen LogP contribution >= 0.6 is 0 Å². The summed E-state index contributed by atoms with van der Waals surface area (Å²) in [6, 6.07) is 4.30. The number of aryl methyl sites for hydroxylation is 2. The number of anilines is 1. The van der Waals surface area contributed by atoms with Gasteiger partial charge in [-0.2, -0.15) is 0 Å². The molecule has 3 N–H and O–H groups in total. The van der Waals surface area contributed by atoms with Gasteiger partial charge >= 0.3 is 5.97 Å². The molecule has 0 saturated carbocycles. The van der Waals surface area contributed by atoms with Crippen molar-refractivity contribution in [1.29, 1.82) is 0 Å². The third kappa shape index (κ3) is 5.89. The van der Waals surface area contributed by atoms with Crippen LogP contribution in [0.5, 0.6) is 0 Å². The van der Waals surface area contributed by atoms with E-state index in [1.165, 1.54) is 0 Å². The van der Waals surface area contributed by atoms with Gasteiger partial charge in [-0.05, 0) is 31.4 Å². The summed E-state index contributed by atoms with van der Waals surface area (Å²) >= 11 is 0. The number of amides is 1. The first-order valence-electron chi connectivity index (χ1n) is 8.45. The minimum absolute atomic E-state index is 0.260. The van der Waals surface area contributed by atoms with Gasteiger partial charge in [-0.25, -0.2) is 0 Å². The van der Waals surface area contributed by atoms with Crippen molar-refractivity contribution in [2.45, 2.75) is 39.3 Å². The van der Waals surface area contributed by atoms with E-state index in [1.54, 1.807) is 12.0 Å². The second-order valence-corrected chi connectivity index (χ2v) is 7.70. The maximum Gasteiger partial charge on any atom is 0.321 e. The van der Waals surface area contributed by atoms with E-state index in [2.05, 4.69) is 0 Å². The zero-order valence-corrected chi connectivity index (χ0v) is 16.5. The number of carbonyl (C=O) groups is 2. The number of carbonyl (C=O) groups excluding carboxylic acids is 1. The van der Waals surface area contributed by atoms with Crippen LogP contribution < -0.4 is 10.6 Å². The zero-order valence-electron chi connectivity index (χ0n) is 15.7. The molecule has 0 aromatic heterocycles. The number of para-hydroxylation sites is 1. The highest BCUT2D eigenvalue weighted by atomic mass is 32.2. The Bertz CT molecular complexity index is 665. The summed E-state index contributed by atoms with van der Waals surface area (Å²) in [5.41, 5.74) is 8.16. The van der Waals surface area contributed by atoms with Crippen LogP contribution in [0.25, 0.3) is 0 Å². The van der Waals surface area contributed by atoms with Crippen molar-refractivity contribution >= 4 is 28.4 Å². The third-order valence-corrected chi connectivity index (χ3v) is 5.33. The molecule has 8 heteroatoms. The van der Waals surface area contributed by atoms with E-state index in [0.29, 0.717) is 6.61 Å². The zero-order chi connectivity index (χ0) is 19.9. The van der Waals surface area contributed by atoms with Crippen molar-refractivity contribution in [3.63, 3.8) is 0 Å². The predicted molar refractivity (Wildman–Crippen MR) is 103 cm³/mol. The fourth-order valence-corrected chi connectivity index (χ4v) is 3.87. The highest BCUT2D eigenvalue weighted by Crippen LogP contribution is 2.28. The number of ether oxygens (including phenoxy) is 1. The Balaban J connectivity index is 3.13. The SMILES string of the molecule is CCc1cccc(C)c1N(C(=O)CS(=O)CC(N)C(=O)O)C(C)COC. The van der Waals surface area contributed by atoms with Crippen LogP contribution in [-0.4, -0.2) is 58.5 Å². The van der Waals surface area contributed by atoms with Crippen LogP contribution in [0.3, 0.4) is 0 Å². The average molecular weight is 384 g/mol. The molecule has 0 aliphatic rings. The molecule has 7 nitrogen and oxygen atoms in total. The van der Waals surface area contributed by atoms with Gasteiger partial charge in [0.2, 0.25) is 5.91 Å². The summed E-state index contributed by atoms with van der Waals surface area (Å²) < 4.78 is 17.4. The van der Waals surface area contributed by atoms with Crippen LogP contribution in [0.4, 0.5) is 5.69 Å². The number of nitrogens with zero attached hydrogens (tertiary/aromatic N) is 1. The molecule has 0 saturated heterocycles. The highest BCUT2D eigenvalue weighted by Gasteiger charge is 2.27. The first kappa shape index (κ1) is 22.3. The Morgan fingerprint density at radius 2 is 2.04 bits per heavy atom. The van der Waals surface area contributed by atoms with Crippen molar-refractivity contribution in [3.8, 4) is 0 Å². The molecular formula is C18H28N2O5S. The quantitative estimate of drug-likeness (QED) is 0.625. The van der Waals surface area contributed by atoms with E-state index in [9.17, 15) is 13.8 Å². The first-order valence-corrected chi connectivity index (χ1v) is 9.94. The van der Waals surface area contributed by atoms with Crippen molar-refractivity contribution in [1.82, 2.24) is 0 Å². The Labute approximate surface area is 157 Å². The van der Waals surface area contributed by atoms with E-state index < -0.39 is 22.8 Å². The average Bonchev–Trinajstić information content (AvgIpc) is 2.56. The minimum Gasteiger partial charge on any atom is -0.480 e. The van der Waals surface area contributed by atoms with Crippen molar-refractivity contribution in [2.24, 2.45) is 5.73 Å². The van der Waals surface area contributed by atoms with Crippen LogP contribution in [0.15, 0.2) is 18.2 Å². The molecule has 0 aliphatic carbocycles. The molecule has 1 rings (SSSR count). The Hall–Kier alpha value is -1.77. The lowest BCUT2D eigenvalue weighted by molar-refractivity contribution is -0.138. The van der Waals surface area contributed by atoms with Gasteiger partial charge in [-0.1, -0.05) is 25.1 Å². The lowest BCUT2D eigenvalue weighted by Gasteiger charge is -2.32. The summed E-state index contributed by atoms with van der Waals surface area (Å²) in [6.45, 7) is 6.11. The molecule has 3 atom stereocenters. The van der Waals surface area contributed by atoms with Gasteiger partial charge in [0.1, 0.15) is 11.8 Å². The Morgan fingerprint density at radius 1 is 1.38 bits per heavy atom. The van der Waals surface area contributed by atoms with Crippen molar-refractivity contribution < 1.29 is 23.6 Å². The number of hydrogen-bond donors (Lipinski definition) is 2. The van der Waals surface area contributed by atoms with E-state index in [4.69, 9.17) is 15.6 Å². The monoisotopic (exact) mass is 384 g/mol. The topological polar surface area (TPSA) is 110 Å². The van der Waals surface area contributed by atoms with Crippen molar-refractivity contribution in [3.05, 3.63) is 29.3 Å². The van der Waals surface area contributed by atoms with E-state index in [1.807, 2.05) is 39.0 Å². The number of benzene rings is 1. The second-order valence-electron chi connectivity index (χ2n) is 6.20. The summed E-state index contributed by atoms with van der Waals surface area (Å²) in [7, 11) is -0.111. The lowest BCUT2D eigenvalue weighted by Crippen LogP contribution is -2.45. The predicted octanol–water partition coefficient (Wildman–Crippen LogP) is 1.09. The van der Waals surface area contributed by atoms with Crippen LogP contribution in [0, 0.1) is 6.92 Å². The molecule has 1 aromatic rings. The molecule has 1 aromatic carbocycles. The van der Waals surface area contributed by atoms with E-state index in [-0.39, 0.29) is 23.5 Å². The van der Waals surface area contributed by atoms with Crippen molar-refractivity contribution in [2.75, 3.05) is 30.1 Å². The van der Waals surface area contributed by atoms with Crippen LogP contribution in [0.1, 0.15) is 25.0 Å². The molecule has 0 heterocycles.